The van der Waals surface area contributed by atoms with Gasteiger partial charge in [0.25, 0.3) is 0 Å². The van der Waals surface area contributed by atoms with E-state index >= 15 is 0 Å². The van der Waals surface area contributed by atoms with Crippen LogP contribution in [-0.2, 0) is 0 Å². The number of allylic oxidation sites excluding steroid dienone is 2. The Kier molecular flexibility index (Phi) is 7.37. The highest BCUT2D eigenvalue weighted by atomic mass is 32.1. The van der Waals surface area contributed by atoms with Crippen LogP contribution in [0.25, 0.3) is 93.1 Å². The summed E-state index contributed by atoms with van der Waals surface area (Å²) in [6, 6.07) is 49.4. The van der Waals surface area contributed by atoms with Gasteiger partial charge in [0.1, 0.15) is 0 Å². The third kappa shape index (κ3) is 5.18. The zero-order chi connectivity index (χ0) is 33.6. The molecule has 0 radical (unpaired) electrons. The van der Waals surface area contributed by atoms with E-state index in [4.69, 9.17) is 15.0 Å². The number of hydrogen-bond acceptors (Lipinski definition) is 4. The molecule has 0 aliphatic heterocycles. The van der Waals surface area contributed by atoms with Gasteiger partial charge in [0.2, 0.25) is 0 Å². The van der Waals surface area contributed by atoms with Crippen molar-refractivity contribution in [3.63, 3.8) is 0 Å². The van der Waals surface area contributed by atoms with E-state index < -0.39 is 0 Å². The average Bonchev–Trinajstić information content (AvgIpc) is 3.56. The number of hydrogen-bond donors (Lipinski definition) is 0. The fourth-order valence-corrected chi connectivity index (χ4v) is 8.10. The maximum atomic E-state index is 5.28. The molecule has 2 aromatic heterocycles. The Morgan fingerprint density at radius 3 is 2.08 bits per heavy atom. The second kappa shape index (κ2) is 12.3. The second-order valence-corrected chi connectivity index (χ2v) is 13.6. The fraction of sp³-hybridized carbons (Fsp3) is 0.0217. The number of benzene rings is 7. The van der Waals surface area contributed by atoms with Crippen molar-refractivity contribution in [2.24, 2.45) is 0 Å². The van der Waals surface area contributed by atoms with Crippen molar-refractivity contribution in [3.8, 4) is 45.3 Å². The lowest BCUT2D eigenvalue weighted by Crippen LogP contribution is -2.02. The summed E-state index contributed by atoms with van der Waals surface area (Å²) in [4.78, 5) is 15.6. The van der Waals surface area contributed by atoms with Crippen molar-refractivity contribution < 1.29 is 0 Å². The van der Waals surface area contributed by atoms with Crippen molar-refractivity contribution in [1.82, 2.24) is 15.0 Å². The Morgan fingerprint density at radius 1 is 0.520 bits per heavy atom. The summed E-state index contributed by atoms with van der Waals surface area (Å²) in [6.07, 6.45) is 5.91. The van der Waals surface area contributed by atoms with Gasteiger partial charge >= 0.3 is 0 Å². The molecule has 0 amide bonds. The van der Waals surface area contributed by atoms with E-state index in [0.717, 1.165) is 38.9 Å². The molecule has 50 heavy (non-hydrogen) atoms. The number of thiophene rings is 1. The third-order valence-electron chi connectivity index (χ3n) is 9.49. The van der Waals surface area contributed by atoms with Gasteiger partial charge in [0.05, 0.1) is 0 Å². The van der Waals surface area contributed by atoms with E-state index in [1.165, 1.54) is 41.7 Å². The minimum absolute atomic E-state index is 0.643. The highest BCUT2D eigenvalue weighted by molar-refractivity contribution is 7.25. The van der Waals surface area contributed by atoms with E-state index in [1.807, 2.05) is 30.4 Å². The molecule has 2 heterocycles. The first-order valence-corrected chi connectivity index (χ1v) is 17.5. The predicted molar refractivity (Wildman–Crippen MR) is 213 cm³/mol. The molecule has 0 atom stereocenters. The summed E-state index contributed by atoms with van der Waals surface area (Å²) in [5.74, 6) is 1.95. The van der Waals surface area contributed by atoms with Crippen molar-refractivity contribution in [2.45, 2.75) is 6.92 Å². The highest BCUT2D eigenvalue weighted by Crippen LogP contribution is 2.40. The molecule has 4 heteroatoms. The largest absolute Gasteiger partial charge is 0.208 e. The van der Waals surface area contributed by atoms with Gasteiger partial charge in [-0.15, -0.1) is 11.3 Å². The van der Waals surface area contributed by atoms with Crippen LogP contribution in [0.4, 0.5) is 0 Å². The van der Waals surface area contributed by atoms with E-state index in [0.29, 0.717) is 17.5 Å². The molecular formula is C46H31N3S. The van der Waals surface area contributed by atoms with Crippen LogP contribution < -0.4 is 0 Å². The lowest BCUT2D eigenvalue weighted by Gasteiger charge is -2.15. The van der Waals surface area contributed by atoms with Gasteiger partial charge in [0.15, 0.2) is 17.5 Å². The summed E-state index contributed by atoms with van der Waals surface area (Å²) in [5, 5.41) is 7.34. The van der Waals surface area contributed by atoms with Crippen molar-refractivity contribution in [1.29, 1.82) is 0 Å². The van der Waals surface area contributed by atoms with Gasteiger partial charge in [-0.3, -0.25) is 0 Å². The van der Waals surface area contributed by atoms with Crippen molar-refractivity contribution >= 4 is 59.1 Å². The Hall–Kier alpha value is -6.23. The van der Waals surface area contributed by atoms with Crippen LogP contribution in [0.3, 0.4) is 0 Å². The van der Waals surface area contributed by atoms with Crippen LogP contribution in [0.1, 0.15) is 11.1 Å². The Morgan fingerprint density at radius 2 is 1.22 bits per heavy atom. The summed E-state index contributed by atoms with van der Waals surface area (Å²) in [5.41, 5.74) is 7.32. The standard InChI is InChI=1S/C46H31N3S/c1-3-4-13-32-26-35(33-24-25-37-34(27-33)23-22-30-14-8-9-17-36(30)37)28-40(29(32)2)46-48-44(31-15-6-5-7-16-31)47-45(49-46)39-19-12-21-42-43(39)38-18-10-11-20-41(38)50-42/h3-28H,1H2,2H3/b13-4-. The smallest absolute Gasteiger partial charge is 0.164 e. The second-order valence-electron chi connectivity index (χ2n) is 12.5. The molecule has 0 bridgehead atoms. The lowest BCUT2D eigenvalue weighted by molar-refractivity contribution is 1.07. The van der Waals surface area contributed by atoms with Gasteiger partial charge in [-0.05, 0) is 81.1 Å². The molecule has 236 valence electrons. The molecule has 0 N–H and O–H groups in total. The highest BCUT2D eigenvalue weighted by Gasteiger charge is 2.19. The first kappa shape index (κ1) is 29.9. The van der Waals surface area contributed by atoms with Crippen LogP contribution in [0, 0.1) is 6.92 Å². The summed E-state index contributed by atoms with van der Waals surface area (Å²) in [7, 11) is 0. The summed E-state index contributed by atoms with van der Waals surface area (Å²) in [6.45, 7) is 6.09. The monoisotopic (exact) mass is 657 g/mol. The van der Waals surface area contributed by atoms with Gasteiger partial charge in [-0.25, -0.2) is 15.0 Å². The van der Waals surface area contributed by atoms with E-state index in [1.54, 1.807) is 11.3 Å². The van der Waals surface area contributed by atoms with Gasteiger partial charge in [-0.1, -0.05) is 134 Å². The van der Waals surface area contributed by atoms with Crippen LogP contribution in [0.15, 0.2) is 158 Å². The van der Waals surface area contributed by atoms with E-state index in [2.05, 4.69) is 141 Å². The Bertz CT molecular complexity index is 2790. The first-order chi connectivity index (χ1) is 24.6. The van der Waals surface area contributed by atoms with Gasteiger partial charge < -0.3 is 0 Å². The van der Waals surface area contributed by atoms with Gasteiger partial charge in [-0.2, -0.15) is 0 Å². The Labute approximate surface area is 294 Å². The minimum Gasteiger partial charge on any atom is -0.208 e. The molecule has 0 saturated carbocycles. The summed E-state index contributed by atoms with van der Waals surface area (Å²) < 4.78 is 2.46. The van der Waals surface area contributed by atoms with Gasteiger partial charge in [0, 0.05) is 36.9 Å². The van der Waals surface area contributed by atoms with E-state index in [9.17, 15) is 0 Å². The number of fused-ring (bicyclic) bond motifs is 6. The normalized spacial score (nSPS) is 11.7. The zero-order valence-corrected chi connectivity index (χ0v) is 28.3. The number of aromatic nitrogens is 3. The van der Waals surface area contributed by atoms with E-state index in [-0.39, 0.29) is 0 Å². The lowest BCUT2D eigenvalue weighted by atomic mass is 9.92. The summed E-state index contributed by atoms with van der Waals surface area (Å²) >= 11 is 1.80. The molecule has 9 aromatic rings. The maximum Gasteiger partial charge on any atom is 0.164 e. The predicted octanol–water partition coefficient (Wildman–Crippen LogP) is 12.7. The molecule has 0 spiro atoms. The first-order valence-electron chi connectivity index (χ1n) is 16.7. The van der Waals surface area contributed by atoms with Crippen LogP contribution >= 0.6 is 11.3 Å². The molecular weight excluding hydrogens is 627 g/mol. The quantitative estimate of drug-likeness (QED) is 0.132. The molecule has 0 aliphatic carbocycles. The maximum absolute atomic E-state index is 5.28. The molecule has 3 nitrogen and oxygen atoms in total. The Balaban J connectivity index is 1.28. The molecule has 9 rings (SSSR count). The van der Waals surface area contributed by atoms with Crippen LogP contribution in [0.2, 0.25) is 0 Å². The molecule has 0 fully saturated rings. The van der Waals surface area contributed by atoms with Crippen LogP contribution in [0.5, 0.6) is 0 Å². The third-order valence-corrected chi connectivity index (χ3v) is 10.6. The van der Waals surface area contributed by atoms with Crippen molar-refractivity contribution in [3.05, 3.63) is 169 Å². The SMILES string of the molecule is C=C/C=C\c1cc(-c2ccc3c(ccc4ccccc43)c2)cc(-c2nc(-c3ccccc3)nc(-c3cccc4sc5ccccc5c34)n2)c1C. The molecule has 0 unspecified atom stereocenters. The zero-order valence-electron chi connectivity index (χ0n) is 27.5. The average molecular weight is 658 g/mol. The number of nitrogens with zero attached hydrogens (tertiary/aromatic N) is 3. The van der Waals surface area contributed by atoms with Crippen molar-refractivity contribution in [2.75, 3.05) is 0 Å². The fourth-order valence-electron chi connectivity index (χ4n) is 6.97. The number of rotatable bonds is 6. The minimum atomic E-state index is 0.643. The van der Waals surface area contributed by atoms with Crippen LogP contribution in [-0.4, -0.2) is 15.0 Å². The molecule has 0 saturated heterocycles. The molecule has 7 aromatic carbocycles. The molecule has 0 aliphatic rings. The topological polar surface area (TPSA) is 38.7 Å².